The van der Waals surface area contributed by atoms with Crippen molar-refractivity contribution in [3.63, 3.8) is 0 Å². The van der Waals surface area contributed by atoms with Crippen LogP contribution in [0.4, 0.5) is 0 Å². The zero-order valence-electron chi connectivity index (χ0n) is 15.9. The number of ether oxygens (including phenoxy) is 1. The third-order valence-corrected chi connectivity index (χ3v) is 5.00. The molecule has 0 spiro atoms. The van der Waals surface area contributed by atoms with Gasteiger partial charge in [-0.1, -0.05) is 23.9 Å². The van der Waals surface area contributed by atoms with Gasteiger partial charge >= 0.3 is 0 Å². The molecule has 0 radical (unpaired) electrons. The van der Waals surface area contributed by atoms with Gasteiger partial charge in [-0.05, 0) is 49.8 Å². The lowest BCUT2D eigenvalue weighted by Crippen LogP contribution is -2.23. The Hall–Kier alpha value is -2.61. The highest BCUT2D eigenvalue weighted by molar-refractivity contribution is 7.98. The van der Waals surface area contributed by atoms with Gasteiger partial charge in [0, 0.05) is 24.4 Å². The summed E-state index contributed by atoms with van der Waals surface area (Å²) >= 11 is 1.48. The molecule has 0 saturated carbocycles. The molecule has 0 fully saturated rings. The highest BCUT2D eigenvalue weighted by Gasteiger charge is 2.14. The number of amides is 1. The summed E-state index contributed by atoms with van der Waals surface area (Å²) in [4.78, 5) is 21.2. The van der Waals surface area contributed by atoms with Gasteiger partial charge in [0.2, 0.25) is 11.1 Å². The first-order valence-corrected chi connectivity index (χ1v) is 9.90. The Morgan fingerprint density at radius 1 is 1.22 bits per heavy atom. The van der Waals surface area contributed by atoms with Crippen molar-refractivity contribution in [2.45, 2.75) is 38.4 Å². The molecule has 1 amide bonds. The molecule has 0 bridgehead atoms. The summed E-state index contributed by atoms with van der Waals surface area (Å²) in [6, 6.07) is 7.66. The van der Waals surface area contributed by atoms with Gasteiger partial charge in [-0.15, -0.1) is 5.10 Å². The maximum Gasteiger partial charge on any atom is 0.253 e. The second kappa shape index (κ2) is 8.39. The van der Waals surface area contributed by atoms with Crippen LogP contribution < -0.4 is 10.1 Å². The number of benzene rings is 1. The first-order chi connectivity index (χ1) is 13.0. The normalized spacial score (nSPS) is 11.0. The standard InChI is InChI=1S/C19H23N5O2S/c1-12-16(13(2)24-18(21-12)22-19(23-24)27-4)9-10-17(25)20-11-14-5-7-15(26-3)8-6-14/h5-8H,9-11H2,1-4H3,(H,20,25). The van der Waals surface area contributed by atoms with E-state index < -0.39 is 0 Å². The predicted octanol–water partition coefficient (Wildman–Crippen LogP) is 2.72. The SMILES string of the molecule is COc1ccc(CNC(=O)CCc2c(C)nc3nc(SC)nn3c2C)cc1. The molecule has 0 unspecified atom stereocenters. The predicted molar refractivity (Wildman–Crippen MR) is 105 cm³/mol. The minimum Gasteiger partial charge on any atom is -0.497 e. The summed E-state index contributed by atoms with van der Waals surface area (Å²) in [6.45, 7) is 4.44. The number of aryl methyl sites for hydroxylation is 2. The molecule has 8 heteroatoms. The first kappa shape index (κ1) is 19.2. The number of fused-ring (bicyclic) bond motifs is 1. The van der Waals surface area contributed by atoms with Gasteiger partial charge in [-0.2, -0.15) is 4.98 Å². The molecule has 0 saturated heterocycles. The van der Waals surface area contributed by atoms with Gasteiger partial charge in [0.25, 0.3) is 5.78 Å². The number of aromatic nitrogens is 4. The van der Waals surface area contributed by atoms with Crippen LogP contribution in [0.5, 0.6) is 5.75 Å². The van der Waals surface area contributed by atoms with Gasteiger partial charge < -0.3 is 10.1 Å². The Morgan fingerprint density at radius 3 is 2.63 bits per heavy atom. The van der Waals surface area contributed by atoms with E-state index in [0.717, 1.165) is 28.3 Å². The van der Waals surface area contributed by atoms with E-state index >= 15 is 0 Å². The summed E-state index contributed by atoms with van der Waals surface area (Å²) in [5, 5.41) is 8.10. The van der Waals surface area contributed by atoms with E-state index in [0.29, 0.717) is 30.3 Å². The highest BCUT2D eigenvalue weighted by Crippen LogP contribution is 2.18. The number of nitrogens with zero attached hydrogens (tertiary/aromatic N) is 4. The molecular weight excluding hydrogens is 362 g/mol. The van der Waals surface area contributed by atoms with Crippen LogP contribution in [0.1, 0.15) is 28.9 Å². The zero-order chi connectivity index (χ0) is 19.4. The van der Waals surface area contributed by atoms with E-state index in [1.165, 1.54) is 11.8 Å². The fourth-order valence-electron chi connectivity index (χ4n) is 2.91. The van der Waals surface area contributed by atoms with Crippen LogP contribution in [0.2, 0.25) is 0 Å². The molecule has 7 nitrogen and oxygen atoms in total. The van der Waals surface area contributed by atoms with E-state index in [2.05, 4.69) is 20.4 Å². The molecular formula is C19H23N5O2S. The average Bonchev–Trinajstić information content (AvgIpc) is 3.10. The van der Waals surface area contributed by atoms with Crippen LogP contribution in [0.15, 0.2) is 29.4 Å². The number of carbonyl (C=O) groups excluding carboxylic acids is 1. The van der Waals surface area contributed by atoms with Crippen molar-refractivity contribution in [3.05, 3.63) is 46.8 Å². The van der Waals surface area contributed by atoms with E-state index in [1.807, 2.05) is 44.4 Å². The van der Waals surface area contributed by atoms with Crippen LogP contribution in [0.25, 0.3) is 5.78 Å². The smallest absolute Gasteiger partial charge is 0.253 e. The molecule has 1 aromatic carbocycles. The zero-order valence-corrected chi connectivity index (χ0v) is 16.8. The van der Waals surface area contributed by atoms with Gasteiger partial charge in [0.1, 0.15) is 5.75 Å². The third kappa shape index (κ3) is 4.39. The molecule has 0 aliphatic rings. The lowest BCUT2D eigenvalue weighted by molar-refractivity contribution is -0.121. The van der Waals surface area contributed by atoms with Gasteiger partial charge in [-0.25, -0.2) is 9.50 Å². The monoisotopic (exact) mass is 385 g/mol. The quantitative estimate of drug-likeness (QED) is 0.630. The minimum absolute atomic E-state index is 0.00751. The Kier molecular flexibility index (Phi) is 5.95. The minimum atomic E-state index is 0.00751. The van der Waals surface area contributed by atoms with Crippen LogP contribution in [0.3, 0.4) is 0 Å². The van der Waals surface area contributed by atoms with Gasteiger partial charge in [-0.3, -0.25) is 4.79 Å². The molecule has 142 valence electrons. The van der Waals surface area contributed by atoms with Crippen molar-refractivity contribution in [2.24, 2.45) is 0 Å². The summed E-state index contributed by atoms with van der Waals surface area (Å²) in [7, 11) is 1.63. The van der Waals surface area contributed by atoms with Crippen molar-refractivity contribution in [3.8, 4) is 5.75 Å². The molecule has 2 aromatic heterocycles. The number of carbonyl (C=O) groups is 1. The van der Waals surface area contributed by atoms with Gasteiger partial charge in [0.15, 0.2) is 0 Å². The molecule has 3 rings (SSSR count). The summed E-state index contributed by atoms with van der Waals surface area (Å²) in [6.07, 6.45) is 2.95. The molecule has 0 atom stereocenters. The van der Waals surface area contributed by atoms with Crippen molar-refractivity contribution < 1.29 is 9.53 Å². The number of methoxy groups -OCH3 is 1. The highest BCUT2D eigenvalue weighted by atomic mass is 32.2. The topological polar surface area (TPSA) is 81.4 Å². The molecule has 27 heavy (non-hydrogen) atoms. The maximum atomic E-state index is 12.3. The van der Waals surface area contributed by atoms with Crippen LogP contribution in [-0.4, -0.2) is 38.9 Å². The van der Waals surface area contributed by atoms with Crippen molar-refractivity contribution in [1.82, 2.24) is 24.9 Å². The Balaban J connectivity index is 1.62. The molecule has 1 N–H and O–H groups in total. The summed E-state index contributed by atoms with van der Waals surface area (Å²) in [5.41, 5.74) is 3.95. The Labute approximate surface area is 162 Å². The summed E-state index contributed by atoms with van der Waals surface area (Å²) < 4.78 is 6.89. The lowest BCUT2D eigenvalue weighted by atomic mass is 10.1. The largest absolute Gasteiger partial charge is 0.497 e. The number of nitrogens with one attached hydrogen (secondary N) is 1. The Morgan fingerprint density at radius 2 is 1.96 bits per heavy atom. The van der Waals surface area contributed by atoms with E-state index in [4.69, 9.17) is 4.74 Å². The van der Waals surface area contributed by atoms with Crippen LogP contribution >= 0.6 is 11.8 Å². The Bertz CT molecular complexity index is 953. The number of thioether (sulfide) groups is 1. The second-order valence-electron chi connectivity index (χ2n) is 6.20. The summed E-state index contributed by atoms with van der Waals surface area (Å²) in [5.74, 6) is 1.41. The first-order valence-electron chi connectivity index (χ1n) is 8.68. The molecule has 2 heterocycles. The average molecular weight is 385 g/mol. The van der Waals surface area contributed by atoms with Crippen molar-refractivity contribution in [1.29, 1.82) is 0 Å². The van der Waals surface area contributed by atoms with Crippen molar-refractivity contribution >= 4 is 23.4 Å². The lowest BCUT2D eigenvalue weighted by Gasteiger charge is -2.10. The molecule has 0 aliphatic heterocycles. The fraction of sp³-hybridized carbons (Fsp3) is 0.368. The van der Waals surface area contributed by atoms with Crippen LogP contribution in [-0.2, 0) is 17.8 Å². The number of rotatable bonds is 7. The van der Waals surface area contributed by atoms with Gasteiger partial charge in [0.05, 0.1) is 7.11 Å². The second-order valence-corrected chi connectivity index (χ2v) is 6.97. The fourth-order valence-corrected chi connectivity index (χ4v) is 3.25. The maximum absolute atomic E-state index is 12.3. The number of hydrogen-bond acceptors (Lipinski definition) is 6. The number of hydrogen-bond donors (Lipinski definition) is 1. The van der Waals surface area contributed by atoms with E-state index in [1.54, 1.807) is 11.6 Å². The third-order valence-electron chi connectivity index (χ3n) is 4.46. The van der Waals surface area contributed by atoms with Crippen molar-refractivity contribution in [2.75, 3.05) is 13.4 Å². The van der Waals surface area contributed by atoms with Crippen LogP contribution in [0, 0.1) is 13.8 Å². The van der Waals surface area contributed by atoms with E-state index in [-0.39, 0.29) is 5.91 Å². The molecule has 0 aliphatic carbocycles. The molecule has 3 aromatic rings. The van der Waals surface area contributed by atoms with E-state index in [9.17, 15) is 4.79 Å².